The number of hydrogen-bond donors (Lipinski definition) is 1. The van der Waals surface area contributed by atoms with Gasteiger partial charge in [0, 0.05) is 24.5 Å². The largest absolute Gasteiger partial charge is 0.360 e. The van der Waals surface area contributed by atoms with Crippen LogP contribution in [0.5, 0.6) is 0 Å². The molecule has 3 aromatic heterocycles. The van der Waals surface area contributed by atoms with Gasteiger partial charge in [0.2, 0.25) is 5.13 Å². The lowest BCUT2D eigenvalue weighted by Gasteiger charge is -1.98. The van der Waals surface area contributed by atoms with E-state index >= 15 is 0 Å². The molecule has 102 valence electrons. The number of pyridine rings is 1. The van der Waals surface area contributed by atoms with Gasteiger partial charge in [-0.05, 0) is 19.1 Å². The van der Waals surface area contributed by atoms with E-state index in [1.54, 1.807) is 17.5 Å². The molecule has 7 heteroatoms. The van der Waals surface area contributed by atoms with Gasteiger partial charge in [-0.2, -0.15) is 0 Å². The van der Waals surface area contributed by atoms with Gasteiger partial charge in [0.25, 0.3) is 0 Å². The van der Waals surface area contributed by atoms with Crippen LogP contribution in [0.15, 0.2) is 29.8 Å². The van der Waals surface area contributed by atoms with Crippen LogP contribution >= 0.6 is 22.7 Å². The summed E-state index contributed by atoms with van der Waals surface area (Å²) in [6.07, 6.45) is 2.65. The van der Waals surface area contributed by atoms with Crippen LogP contribution in [-0.4, -0.2) is 26.7 Å². The Morgan fingerprint density at radius 2 is 2.20 bits per heavy atom. The zero-order chi connectivity index (χ0) is 13.8. The van der Waals surface area contributed by atoms with Crippen LogP contribution in [-0.2, 0) is 6.42 Å². The zero-order valence-corrected chi connectivity index (χ0v) is 12.5. The smallest absolute Gasteiger partial charge is 0.206 e. The zero-order valence-electron chi connectivity index (χ0n) is 10.9. The minimum absolute atomic E-state index is 0.806. The second-order valence-electron chi connectivity index (χ2n) is 4.16. The lowest BCUT2D eigenvalue weighted by molar-refractivity contribution is 0.956. The summed E-state index contributed by atoms with van der Waals surface area (Å²) in [7, 11) is 0. The van der Waals surface area contributed by atoms with Crippen LogP contribution < -0.4 is 5.32 Å². The van der Waals surface area contributed by atoms with E-state index in [-0.39, 0.29) is 0 Å². The number of aryl methyl sites for hydroxylation is 1. The summed E-state index contributed by atoms with van der Waals surface area (Å²) in [5.41, 5.74) is 1.97. The Bertz CT molecular complexity index is 677. The molecule has 0 aromatic carbocycles. The Labute approximate surface area is 124 Å². The molecule has 3 aromatic rings. The molecule has 0 amide bonds. The first kappa shape index (κ1) is 13.1. The van der Waals surface area contributed by atoms with Crippen LogP contribution in [0.2, 0.25) is 0 Å². The van der Waals surface area contributed by atoms with Gasteiger partial charge in [-0.3, -0.25) is 4.98 Å². The molecule has 5 nitrogen and oxygen atoms in total. The maximum atomic E-state index is 4.43. The summed E-state index contributed by atoms with van der Waals surface area (Å²) < 4.78 is 0. The van der Waals surface area contributed by atoms with E-state index < -0.39 is 0 Å². The van der Waals surface area contributed by atoms with E-state index in [1.807, 2.05) is 25.1 Å². The number of aromatic nitrogens is 4. The number of rotatable bonds is 5. The van der Waals surface area contributed by atoms with Crippen LogP contribution in [0.25, 0.3) is 10.7 Å². The Hall–Kier alpha value is -1.86. The highest BCUT2D eigenvalue weighted by molar-refractivity contribution is 7.18. The Morgan fingerprint density at radius 1 is 1.25 bits per heavy atom. The van der Waals surface area contributed by atoms with Gasteiger partial charge in [-0.25, -0.2) is 4.98 Å². The summed E-state index contributed by atoms with van der Waals surface area (Å²) in [6, 6.07) is 5.77. The van der Waals surface area contributed by atoms with Gasteiger partial charge >= 0.3 is 0 Å². The van der Waals surface area contributed by atoms with Gasteiger partial charge in [-0.15, -0.1) is 21.5 Å². The average Bonchev–Trinajstić information content (AvgIpc) is 3.09. The molecule has 3 rings (SSSR count). The maximum Gasteiger partial charge on any atom is 0.206 e. The number of nitrogens with one attached hydrogen (secondary N) is 1. The summed E-state index contributed by atoms with van der Waals surface area (Å²) in [5, 5.41) is 16.4. The van der Waals surface area contributed by atoms with Crippen molar-refractivity contribution in [2.75, 3.05) is 11.9 Å². The van der Waals surface area contributed by atoms with E-state index in [2.05, 4.69) is 30.9 Å². The van der Waals surface area contributed by atoms with Crippen LogP contribution in [0.4, 0.5) is 5.13 Å². The highest BCUT2D eigenvalue weighted by Gasteiger charge is 2.07. The monoisotopic (exact) mass is 303 g/mol. The van der Waals surface area contributed by atoms with E-state index in [0.717, 1.165) is 39.5 Å². The van der Waals surface area contributed by atoms with Crippen LogP contribution in [0, 0.1) is 6.92 Å². The minimum Gasteiger partial charge on any atom is -0.360 e. The van der Waals surface area contributed by atoms with Gasteiger partial charge in [0.15, 0.2) is 5.01 Å². The highest BCUT2D eigenvalue weighted by atomic mass is 32.1. The number of anilines is 1. The third-order valence-electron chi connectivity index (χ3n) is 2.63. The fraction of sp³-hybridized carbons (Fsp3) is 0.231. The first-order valence-corrected chi connectivity index (χ1v) is 7.90. The molecule has 0 saturated heterocycles. The van der Waals surface area contributed by atoms with Gasteiger partial charge in [0.05, 0.1) is 10.7 Å². The molecule has 0 unspecified atom stereocenters. The summed E-state index contributed by atoms with van der Waals surface area (Å²) in [5.74, 6) is 0. The normalized spacial score (nSPS) is 10.7. The van der Waals surface area contributed by atoms with Crippen molar-refractivity contribution in [3.8, 4) is 10.7 Å². The molecule has 0 aliphatic heterocycles. The first-order valence-electron chi connectivity index (χ1n) is 6.21. The van der Waals surface area contributed by atoms with Crippen molar-refractivity contribution in [2.45, 2.75) is 13.3 Å². The first-order chi connectivity index (χ1) is 9.81. The fourth-order valence-corrected chi connectivity index (χ4v) is 3.10. The number of nitrogens with zero attached hydrogens (tertiary/aromatic N) is 4. The third kappa shape index (κ3) is 3.17. The van der Waals surface area contributed by atoms with Crippen molar-refractivity contribution in [3.63, 3.8) is 0 Å². The molecule has 0 bridgehead atoms. The van der Waals surface area contributed by atoms with Crippen LogP contribution in [0.1, 0.15) is 10.7 Å². The number of thiazole rings is 1. The van der Waals surface area contributed by atoms with Crippen molar-refractivity contribution in [3.05, 3.63) is 40.5 Å². The second kappa shape index (κ2) is 6.06. The highest BCUT2D eigenvalue weighted by Crippen LogP contribution is 2.24. The quantitative estimate of drug-likeness (QED) is 0.785. The van der Waals surface area contributed by atoms with Crippen molar-refractivity contribution >= 4 is 27.8 Å². The molecule has 0 saturated carbocycles. The van der Waals surface area contributed by atoms with E-state index in [0.29, 0.717) is 0 Å². The predicted octanol–water partition coefficient (Wildman–Crippen LogP) is 3.02. The summed E-state index contributed by atoms with van der Waals surface area (Å²) in [4.78, 5) is 8.70. The molecule has 0 aliphatic carbocycles. The van der Waals surface area contributed by atoms with Gasteiger partial charge in [0.1, 0.15) is 5.69 Å². The standard InChI is InChI=1S/C13H13N5S2/c1-9-16-10(8-19-9)5-7-15-13-18-17-12(20-13)11-4-2-3-6-14-11/h2-4,6,8H,5,7H2,1H3,(H,15,18). The van der Waals surface area contributed by atoms with Gasteiger partial charge < -0.3 is 5.32 Å². The summed E-state index contributed by atoms with van der Waals surface area (Å²) >= 11 is 3.19. The SMILES string of the molecule is Cc1nc(CCNc2nnc(-c3ccccn3)s2)cs1. The molecule has 0 atom stereocenters. The maximum absolute atomic E-state index is 4.43. The third-order valence-corrected chi connectivity index (χ3v) is 4.36. The lowest BCUT2D eigenvalue weighted by atomic mass is 10.3. The topological polar surface area (TPSA) is 63.6 Å². The summed E-state index contributed by atoms with van der Waals surface area (Å²) in [6.45, 7) is 2.82. The van der Waals surface area contributed by atoms with E-state index in [1.165, 1.54) is 11.3 Å². The minimum atomic E-state index is 0.806. The molecular formula is C13H13N5S2. The molecule has 1 N–H and O–H groups in total. The second-order valence-corrected chi connectivity index (χ2v) is 6.20. The number of hydrogen-bond acceptors (Lipinski definition) is 7. The average molecular weight is 303 g/mol. The molecular weight excluding hydrogens is 290 g/mol. The fourth-order valence-electron chi connectivity index (χ4n) is 1.71. The van der Waals surface area contributed by atoms with E-state index in [4.69, 9.17) is 0 Å². The Balaban J connectivity index is 1.58. The van der Waals surface area contributed by atoms with E-state index in [9.17, 15) is 0 Å². The lowest BCUT2D eigenvalue weighted by Crippen LogP contribution is -2.04. The van der Waals surface area contributed by atoms with Crippen molar-refractivity contribution < 1.29 is 0 Å². The van der Waals surface area contributed by atoms with Crippen molar-refractivity contribution in [1.29, 1.82) is 0 Å². The Morgan fingerprint density at radius 3 is 2.95 bits per heavy atom. The molecule has 0 aliphatic rings. The van der Waals surface area contributed by atoms with Crippen molar-refractivity contribution in [2.24, 2.45) is 0 Å². The molecule has 3 heterocycles. The van der Waals surface area contributed by atoms with Crippen LogP contribution in [0.3, 0.4) is 0 Å². The molecule has 0 radical (unpaired) electrons. The van der Waals surface area contributed by atoms with Gasteiger partial charge in [-0.1, -0.05) is 17.4 Å². The molecule has 20 heavy (non-hydrogen) atoms. The molecule has 0 fully saturated rings. The van der Waals surface area contributed by atoms with Crippen molar-refractivity contribution in [1.82, 2.24) is 20.2 Å². The molecule has 0 spiro atoms. The predicted molar refractivity (Wildman–Crippen MR) is 82.2 cm³/mol. The Kier molecular flexibility index (Phi) is 3.98.